The number of pyridine rings is 1. The monoisotopic (exact) mass is 400 g/mol. The molecule has 2 aliphatic rings. The molecule has 1 aromatic heterocycles. The second-order valence-corrected chi connectivity index (χ2v) is 8.62. The Morgan fingerprint density at radius 3 is 2.28 bits per heavy atom. The molecule has 6 nitrogen and oxygen atoms in total. The summed E-state index contributed by atoms with van der Waals surface area (Å²) in [5.74, 6) is 0.792. The quantitative estimate of drug-likeness (QED) is 0.706. The highest BCUT2D eigenvalue weighted by molar-refractivity contribution is 5.81. The molecular weight excluding hydrogens is 364 g/mol. The van der Waals surface area contributed by atoms with Gasteiger partial charge in [-0.1, -0.05) is 13.3 Å². The lowest BCUT2D eigenvalue weighted by molar-refractivity contribution is -0.143. The topological polar surface area (TPSA) is 56.8 Å². The van der Waals surface area contributed by atoms with Crippen molar-refractivity contribution in [2.24, 2.45) is 11.8 Å². The number of hydrogen-bond donors (Lipinski definition) is 0. The summed E-state index contributed by atoms with van der Waals surface area (Å²) in [5, 5.41) is 0. The predicted octanol–water partition coefficient (Wildman–Crippen LogP) is 2.79. The molecule has 0 aliphatic carbocycles. The van der Waals surface area contributed by atoms with Gasteiger partial charge in [0, 0.05) is 57.5 Å². The fraction of sp³-hybridized carbons (Fsp3) is 0.696. The minimum atomic E-state index is 0.0862. The van der Waals surface area contributed by atoms with E-state index >= 15 is 0 Å². The molecule has 0 aromatic carbocycles. The van der Waals surface area contributed by atoms with Crippen LogP contribution in [0.2, 0.25) is 0 Å². The van der Waals surface area contributed by atoms with Gasteiger partial charge in [0.2, 0.25) is 11.8 Å². The van der Waals surface area contributed by atoms with Crippen LogP contribution in [0.1, 0.15) is 51.0 Å². The van der Waals surface area contributed by atoms with Gasteiger partial charge in [-0.2, -0.15) is 0 Å². The fourth-order valence-electron chi connectivity index (χ4n) is 4.51. The zero-order valence-electron chi connectivity index (χ0n) is 18.1. The summed E-state index contributed by atoms with van der Waals surface area (Å²) in [6, 6.07) is 4.12. The Labute approximate surface area is 175 Å². The lowest BCUT2D eigenvalue weighted by Gasteiger charge is -2.37. The van der Waals surface area contributed by atoms with Crippen LogP contribution in [-0.2, 0) is 16.1 Å². The molecule has 0 unspecified atom stereocenters. The maximum Gasteiger partial charge on any atom is 0.225 e. The van der Waals surface area contributed by atoms with E-state index in [2.05, 4.69) is 28.9 Å². The van der Waals surface area contributed by atoms with Gasteiger partial charge in [-0.3, -0.25) is 19.5 Å². The van der Waals surface area contributed by atoms with Crippen molar-refractivity contribution in [1.82, 2.24) is 19.7 Å². The molecule has 160 valence electrons. The van der Waals surface area contributed by atoms with Gasteiger partial charge in [0.05, 0.1) is 0 Å². The Balaban J connectivity index is 1.40. The highest BCUT2D eigenvalue weighted by atomic mass is 16.2. The van der Waals surface area contributed by atoms with Gasteiger partial charge in [0.25, 0.3) is 0 Å². The number of amides is 2. The number of carbonyl (C=O) groups is 2. The molecule has 0 N–H and O–H groups in total. The van der Waals surface area contributed by atoms with Crippen molar-refractivity contribution in [2.45, 2.75) is 52.0 Å². The number of carbonyl (C=O) groups excluding carboxylic acids is 2. The number of likely N-dealkylation sites (tertiary alicyclic amines) is 2. The molecule has 0 radical (unpaired) electrons. The van der Waals surface area contributed by atoms with E-state index in [1.807, 2.05) is 29.2 Å². The smallest absolute Gasteiger partial charge is 0.225 e. The van der Waals surface area contributed by atoms with Gasteiger partial charge in [-0.05, 0) is 62.9 Å². The predicted molar refractivity (Wildman–Crippen MR) is 114 cm³/mol. The molecule has 0 atom stereocenters. The van der Waals surface area contributed by atoms with Crippen LogP contribution in [0.5, 0.6) is 0 Å². The largest absolute Gasteiger partial charge is 0.346 e. The van der Waals surface area contributed by atoms with Gasteiger partial charge >= 0.3 is 0 Å². The van der Waals surface area contributed by atoms with E-state index in [1.165, 1.54) is 5.56 Å². The van der Waals surface area contributed by atoms with Crippen molar-refractivity contribution in [2.75, 3.05) is 39.8 Å². The van der Waals surface area contributed by atoms with Gasteiger partial charge in [-0.25, -0.2) is 0 Å². The highest BCUT2D eigenvalue weighted by Crippen LogP contribution is 2.25. The van der Waals surface area contributed by atoms with Crippen molar-refractivity contribution < 1.29 is 9.59 Å². The zero-order valence-corrected chi connectivity index (χ0v) is 18.1. The number of unbranched alkanes of at least 4 members (excludes halogenated alkanes) is 1. The first kappa shape index (κ1) is 21.8. The molecule has 29 heavy (non-hydrogen) atoms. The van der Waals surface area contributed by atoms with Crippen molar-refractivity contribution in [3.05, 3.63) is 30.1 Å². The van der Waals surface area contributed by atoms with Crippen molar-refractivity contribution in [3.8, 4) is 0 Å². The average molecular weight is 401 g/mol. The molecule has 3 rings (SSSR count). The summed E-state index contributed by atoms with van der Waals surface area (Å²) >= 11 is 0. The van der Waals surface area contributed by atoms with E-state index in [0.29, 0.717) is 5.91 Å². The van der Waals surface area contributed by atoms with Gasteiger partial charge < -0.3 is 9.80 Å². The summed E-state index contributed by atoms with van der Waals surface area (Å²) in [6.45, 7) is 7.31. The van der Waals surface area contributed by atoms with E-state index in [-0.39, 0.29) is 17.7 Å². The number of hydrogen-bond acceptors (Lipinski definition) is 4. The van der Waals surface area contributed by atoms with Crippen LogP contribution in [0, 0.1) is 11.8 Å². The molecule has 2 fully saturated rings. The van der Waals surface area contributed by atoms with E-state index < -0.39 is 0 Å². The first-order chi connectivity index (χ1) is 14.1. The Morgan fingerprint density at radius 1 is 1.03 bits per heavy atom. The van der Waals surface area contributed by atoms with Gasteiger partial charge in [0.1, 0.15) is 0 Å². The Hall–Kier alpha value is -1.95. The lowest BCUT2D eigenvalue weighted by Crippen LogP contribution is -2.47. The standard InChI is InChI=1S/C23H36N4O2/c1-3-4-13-25(2)22(28)20-9-16-27(17-10-20)23(29)21-7-14-26(15-8-21)18-19-5-11-24-12-6-19/h5-6,11-12,20-21H,3-4,7-10,13-18H2,1-2H3. The minimum absolute atomic E-state index is 0.0862. The highest BCUT2D eigenvalue weighted by Gasteiger charge is 2.33. The summed E-state index contributed by atoms with van der Waals surface area (Å²) < 4.78 is 0. The summed E-state index contributed by atoms with van der Waals surface area (Å²) in [6.07, 6.45) is 9.31. The Bertz CT molecular complexity index is 650. The van der Waals surface area contributed by atoms with Crippen LogP contribution in [-0.4, -0.2) is 71.3 Å². The van der Waals surface area contributed by atoms with E-state index in [0.717, 1.165) is 77.8 Å². The van der Waals surface area contributed by atoms with Crippen molar-refractivity contribution in [1.29, 1.82) is 0 Å². The third-order valence-corrected chi connectivity index (χ3v) is 6.47. The molecule has 6 heteroatoms. The van der Waals surface area contributed by atoms with Crippen LogP contribution < -0.4 is 0 Å². The van der Waals surface area contributed by atoms with E-state index in [1.54, 1.807) is 0 Å². The first-order valence-corrected chi connectivity index (χ1v) is 11.2. The molecule has 2 aliphatic heterocycles. The molecule has 0 saturated carbocycles. The van der Waals surface area contributed by atoms with Crippen LogP contribution in [0.3, 0.4) is 0 Å². The number of aromatic nitrogens is 1. The van der Waals surface area contributed by atoms with Crippen LogP contribution in [0.25, 0.3) is 0 Å². The molecule has 1 aromatic rings. The third-order valence-electron chi connectivity index (χ3n) is 6.47. The SMILES string of the molecule is CCCCN(C)C(=O)C1CCN(C(=O)C2CCN(Cc3ccncc3)CC2)CC1. The fourth-order valence-corrected chi connectivity index (χ4v) is 4.51. The first-order valence-electron chi connectivity index (χ1n) is 11.2. The number of rotatable bonds is 7. The zero-order chi connectivity index (χ0) is 20.6. The maximum atomic E-state index is 13.0. The molecule has 0 spiro atoms. The van der Waals surface area contributed by atoms with Crippen LogP contribution >= 0.6 is 0 Å². The number of nitrogens with zero attached hydrogens (tertiary/aromatic N) is 4. The normalized spacial score (nSPS) is 19.3. The van der Waals surface area contributed by atoms with Crippen LogP contribution in [0.4, 0.5) is 0 Å². The summed E-state index contributed by atoms with van der Waals surface area (Å²) in [7, 11) is 1.91. The Kier molecular flexibility index (Phi) is 8.04. The Morgan fingerprint density at radius 2 is 1.66 bits per heavy atom. The molecule has 2 amide bonds. The number of piperidine rings is 2. The second kappa shape index (κ2) is 10.7. The third kappa shape index (κ3) is 6.01. The molecule has 0 bridgehead atoms. The maximum absolute atomic E-state index is 13.0. The van der Waals surface area contributed by atoms with E-state index in [9.17, 15) is 9.59 Å². The lowest BCUT2D eigenvalue weighted by atomic mass is 9.91. The summed E-state index contributed by atoms with van der Waals surface area (Å²) in [4.78, 5) is 35.9. The second-order valence-electron chi connectivity index (χ2n) is 8.62. The van der Waals surface area contributed by atoms with Gasteiger partial charge in [-0.15, -0.1) is 0 Å². The summed E-state index contributed by atoms with van der Waals surface area (Å²) in [5.41, 5.74) is 1.28. The van der Waals surface area contributed by atoms with Crippen molar-refractivity contribution in [3.63, 3.8) is 0 Å². The van der Waals surface area contributed by atoms with E-state index in [4.69, 9.17) is 0 Å². The van der Waals surface area contributed by atoms with Crippen molar-refractivity contribution >= 4 is 11.8 Å². The molecule has 2 saturated heterocycles. The average Bonchev–Trinajstić information content (AvgIpc) is 2.78. The van der Waals surface area contributed by atoms with Gasteiger partial charge in [0.15, 0.2) is 0 Å². The molecular formula is C23H36N4O2. The minimum Gasteiger partial charge on any atom is -0.346 e. The molecule has 3 heterocycles. The van der Waals surface area contributed by atoms with Crippen LogP contribution in [0.15, 0.2) is 24.5 Å².